The molecule has 3 N–H and O–H groups in total. The zero-order valence-corrected chi connectivity index (χ0v) is 17.1. The molecule has 0 unspecified atom stereocenters. The number of carbonyl (C=O) groups is 2. The molecule has 3 rings (SSSR count). The van der Waals surface area contributed by atoms with Crippen molar-refractivity contribution in [3.05, 3.63) is 52.8 Å². The van der Waals surface area contributed by atoms with E-state index in [1.807, 2.05) is 44.2 Å². The summed E-state index contributed by atoms with van der Waals surface area (Å²) in [5, 5.41) is 0. The van der Waals surface area contributed by atoms with Crippen molar-refractivity contribution in [2.75, 3.05) is 45.9 Å². The van der Waals surface area contributed by atoms with E-state index >= 15 is 0 Å². The highest BCUT2D eigenvalue weighted by molar-refractivity contribution is 6.03. The molecule has 0 aliphatic carbocycles. The van der Waals surface area contributed by atoms with E-state index in [9.17, 15) is 9.59 Å². The zero-order valence-electron chi connectivity index (χ0n) is 17.1. The van der Waals surface area contributed by atoms with Crippen molar-refractivity contribution in [3.63, 3.8) is 0 Å². The van der Waals surface area contributed by atoms with Crippen LogP contribution in [0.25, 0.3) is 0 Å². The van der Waals surface area contributed by atoms with Gasteiger partial charge in [0, 0.05) is 11.3 Å². The number of rotatable bonds is 8. The van der Waals surface area contributed by atoms with Crippen LogP contribution in [0.4, 0.5) is 0 Å². The molecule has 1 fully saturated rings. The molecule has 1 saturated heterocycles. The third kappa shape index (κ3) is 4.88. The Morgan fingerprint density at radius 3 is 2.29 bits per heavy atom. The molecule has 0 amide bonds. The first-order valence-electron chi connectivity index (χ1n) is 10.0. The second-order valence-corrected chi connectivity index (χ2v) is 7.69. The zero-order chi connectivity index (χ0) is 20.1. The summed E-state index contributed by atoms with van der Waals surface area (Å²) >= 11 is 0. The van der Waals surface area contributed by atoms with Crippen LogP contribution in [0.5, 0.6) is 5.75 Å². The van der Waals surface area contributed by atoms with Crippen molar-refractivity contribution in [1.29, 1.82) is 0 Å². The molecule has 28 heavy (non-hydrogen) atoms. The van der Waals surface area contributed by atoms with Crippen molar-refractivity contribution in [2.24, 2.45) is 0 Å². The molecule has 1 aliphatic rings. The Hall–Kier alpha value is -2.44. The summed E-state index contributed by atoms with van der Waals surface area (Å²) in [6.07, 6.45) is 0. The number of Topliss-reactive ketones (excluding diaryl/α,β-unsaturated/α-hetero) is 2. The number of carbonyl (C=O) groups excluding carboxylic acids is 2. The molecule has 1 aromatic heterocycles. The summed E-state index contributed by atoms with van der Waals surface area (Å²) in [4.78, 5) is 30.5. The van der Waals surface area contributed by atoms with Gasteiger partial charge in [0.2, 0.25) is 5.78 Å². The van der Waals surface area contributed by atoms with Gasteiger partial charge in [-0.25, -0.2) is 0 Å². The van der Waals surface area contributed by atoms with Crippen LogP contribution in [0, 0.1) is 13.8 Å². The lowest BCUT2D eigenvalue weighted by Gasteiger charge is -2.29. The van der Waals surface area contributed by atoms with E-state index in [2.05, 4.69) is 4.98 Å². The fourth-order valence-corrected chi connectivity index (χ4v) is 4.09. The third-order valence-electron chi connectivity index (χ3n) is 5.61. The Balaban J connectivity index is 1.45. The number of hydrogen-bond donors (Lipinski definition) is 3. The number of aromatic amines is 1. The Morgan fingerprint density at radius 1 is 1.04 bits per heavy atom. The fourth-order valence-electron chi connectivity index (χ4n) is 4.09. The standard InChI is InChI=1S/C22H29N3O3/c1-16-21(18(3)26)17(2)23-22(16)20(27)15-25-11-9-24(10-12-25)13-14-28-19-7-5-4-6-8-19/h4-8,23H,9-15H2,1-3H3/p+2. The maximum atomic E-state index is 12.7. The van der Waals surface area contributed by atoms with E-state index in [1.165, 1.54) is 9.80 Å². The number of nitrogens with one attached hydrogen (secondary N) is 3. The molecule has 2 aromatic rings. The fraction of sp³-hybridized carbons (Fsp3) is 0.455. The van der Waals surface area contributed by atoms with Crippen molar-refractivity contribution < 1.29 is 24.1 Å². The molecule has 0 bridgehead atoms. The molecule has 1 aromatic carbocycles. The number of aryl methyl sites for hydroxylation is 1. The van der Waals surface area contributed by atoms with E-state index < -0.39 is 0 Å². The van der Waals surface area contributed by atoms with Gasteiger partial charge in [-0.05, 0) is 38.5 Å². The average molecular weight is 386 g/mol. The predicted octanol–water partition coefficient (Wildman–Crippen LogP) is -0.121. The van der Waals surface area contributed by atoms with Gasteiger partial charge in [-0.3, -0.25) is 9.59 Å². The maximum Gasteiger partial charge on any atom is 0.233 e. The van der Waals surface area contributed by atoms with Crippen molar-refractivity contribution >= 4 is 11.6 Å². The van der Waals surface area contributed by atoms with Crippen LogP contribution in [-0.2, 0) is 0 Å². The Kier molecular flexibility index (Phi) is 6.65. The molecular weight excluding hydrogens is 354 g/mol. The van der Waals surface area contributed by atoms with Crippen LogP contribution in [0.3, 0.4) is 0 Å². The van der Waals surface area contributed by atoms with Gasteiger partial charge in [0.1, 0.15) is 51.6 Å². The first kappa shape index (κ1) is 20.3. The predicted molar refractivity (Wildman–Crippen MR) is 108 cm³/mol. The molecule has 0 spiro atoms. The van der Waals surface area contributed by atoms with Gasteiger partial charge in [-0.1, -0.05) is 18.2 Å². The van der Waals surface area contributed by atoms with Crippen LogP contribution < -0.4 is 14.5 Å². The van der Waals surface area contributed by atoms with Crippen molar-refractivity contribution in [2.45, 2.75) is 20.8 Å². The second kappa shape index (κ2) is 9.17. The minimum atomic E-state index is 0.00702. The van der Waals surface area contributed by atoms with Gasteiger partial charge in [0.15, 0.2) is 5.78 Å². The largest absolute Gasteiger partial charge is 0.488 e. The summed E-state index contributed by atoms with van der Waals surface area (Å²) in [7, 11) is 0. The lowest BCUT2D eigenvalue weighted by atomic mass is 10.1. The van der Waals surface area contributed by atoms with Crippen LogP contribution in [-0.4, -0.2) is 62.4 Å². The molecule has 6 nitrogen and oxygen atoms in total. The number of hydrogen-bond acceptors (Lipinski definition) is 3. The van der Waals surface area contributed by atoms with Gasteiger partial charge in [0.25, 0.3) is 0 Å². The summed E-state index contributed by atoms with van der Waals surface area (Å²) in [5.41, 5.74) is 2.83. The van der Waals surface area contributed by atoms with E-state index in [-0.39, 0.29) is 11.6 Å². The lowest BCUT2D eigenvalue weighted by Crippen LogP contribution is -3.28. The molecule has 0 atom stereocenters. The highest BCUT2D eigenvalue weighted by Gasteiger charge is 2.27. The number of para-hydroxylation sites is 1. The summed E-state index contributed by atoms with van der Waals surface area (Å²) in [6, 6.07) is 9.90. The second-order valence-electron chi connectivity index (χ2n) is 7.69. The monoisotopic (exact) mass is 385 g/mol. The number of piperazine rings is 1. The van der Waals surface area contributed by atoms with Crippen LogP contribution in [0.1, 0.15) is 39.0 Å². The summed E-state index contributed by atoms with van der Waals surface area (Å²) in [6.45, 7) is 11.5. The molecule has 150 valence electrons. The molecular formula is C22H31N3O3+2. The normalized spacial score (nSPS) is 19.4. The number of ketones is 2. The molecule has 0 radical (unpaired) electrons. The van der Waals surface area contributed by atoms with E-state index in [1.54, 1.807) is 6.92 Å². The van der Waals surface area contributed by atoms with Gasteiger partial charge in [-0.2, -0.15) is 0 Å². The molecule has 6 heteroatoms. The van der Waals surface area contributed by atoms with Crippen molar-refractivity contribution in [1.82, 2.24) is 4.98 Å². The topological polar surface area (TPSA) is 68.0 Å². The summed E-state index contributed by atoms with van der Waals surface area (Å²) in [5.74, 6) is 1.02. The average Bonchev–Trinajstić information content (AvgIpc) is 2.98. The third-order valence-corrected chi connectivity index (χ3v) is 5.61. The SMILES string of the molecule is CC(=O)c1c(C)[nH]c(C(=O)C[NH+]2CC[NH+](CCOc3ccccc3)CC2)c1C. The number of ether oxygens (including phenoxy) is 1. The Labute approximate surface area is 166 Å². The highest BCUT2D eigenvalue weighted by Crippen LogP contribution is 2.18. The highest BCUT2D eigenvalue weighted by atomic mass is 16.5. The van der Waals surface area contributed by atoms with Crippen LogP contribution >= 0.6 is 0 Å². The van der Waals surface area contributed by atoms with Crippen molar-refractivity contribution in [3.8, 4) is 5.75 Å². The van der Waals surface area contributed by atoms with Gasteiger partial charge >= 0.3 is 0 Å². The Morgan fingerprint density at radius 2 is 1.68 bits per heavy atom. The number of H-pyrrole nitrogens is 1. The number of aromatic nitrogens is 1. The molecule has 0 saturated carbocycles. The first-order chi connectivity index (χ1) is 13.5. The maximum absolute atomic E-state index is 12.7. The number of quaternary nitrogens is 2. The molecule has 2 heterocycles. The smallest absolute Gasteiger partial charge is 0.233 e. The van der Waals surface area contributed by atoms with E-state index in [0.717, 1.165) is 49.7 Å². The first-order valence-corrected chi connectivity index (χ1v) is 10.0. The van der Waals surface area contributed by atoms with E-state index in [0.29, 0.717) is 24.4 Å². The quantitative estimate of drug-likeness (QED) is 0.555. The minimum absolute atomic E-state index is 0.00702. The summed E-state index contributed by atoms with van der Waals surface area (Å²) < 4.78 is 5.79. The van der Waals surface area contributed by atoms with E-state index in [4.69, 9.17) is 4.74 Å². The van der Waals surface area contributed by atoms with Gasteiger partial charge < -0.3 is 19.5 Å². The van der Waals surface area contributed by atoms with Gasteiger partial charge in [-0.15, -0.1) is 0 Å². The van der Waals surface area contributed by atoms with Crippen LogP contribution in [0.15, 0.2) is 30.3 Å². The Bertz CT molecular complexity index is 821. The lowest BCUT2D eigenvalue weighted by molar-refractivity contribution is -1.01. The van der Waals surface area contributed by atoms with Gasteiger partial charge in [0.05, 0.1) is 5.69 Å². The minimum Gasteiger partial charge on any atom is -0.488 e. The number of benzene rings is 1. The van der Waals surface area contributed by atoms with Crippen LogP contribution in [0.2, 0.25) is 0 Å². The molecule has 1 aliphatic heterocycles.